The predicted octanol–water partition coefficient (Wildman–Crippen LogP) is 6.20. The zero-order valence-corrected chi connectivity index (χ0v) is 15.7. The van der Waals surface area contributed by atoms with Crippen LogP contribution >= 0.6 is 0 Å². The summed E-state index contributed by atoms with van der Waals surface area (Å²) in [6.07, 6.45) is 1.75. The quantitative estimate of drug-likeness (QED) is 0.474. The molecule has 19 heavy (non-hydrogen) atoms. The summed E-state index contributed by atoms with van der Waals surface area (Å²) in [7, 11) is 6.00. The van der Waals surface area contributed by atoms with Gasteiger partial charge in [-0.3, -0.25) is 0 Å². The third-order valence-electron chi connectivity index (χ3n) is 0. The first kappa shape index (κ1) is 30.9. The normalized spacial score (nSPS) is 7.21. The van der Waals surface area contributed by atoms with Crippen LogP contribution in [0.2, 0.25) is 0 Å². The second-order valence-corrected chi connectivity index (χ2v) is 5.90. The van der Waals surface area contributed by atoms with E-state index in [0.717, 1.165) is 5.92 Å². The molecule has 0 aliphatic heterocycles. The number of rotatable bonds is 0. The molecule has 0 aromatic heterocycles. The van der Waals surface area contributed by atoms with Crippen LogP contribution in [-0.4, -0.2) is 26.0 Å². The molecule has 0 fully saturated rings. The van der Waals surface area contributed by atoms with E-state index in [2.05, 4.69) is 40.5 Å². The van der Waals surface area contributed by atoms with Gasteiger partial charge in [-0.1, -0.05) is 38.0 Å². The van der Waals surface area contributed by atoms with Gasteiger partial charge in [0.2, 0.25) is 0 Å². The average molecular weight is 272 g/mol. The van der Waals surface area contributed by atoms with Gasteiger partial charge in [0, 0.05) is 0 Å². The zero-order chi connectivity index (χ0) is 17.0. The van der Waals surface area contributed by atoms with Gasteiger partial charge >= 0.3 is 0 Å². The van der Waals surface area contributed by atoms with Crippen molar-refractivity contribution in [2.45, 2.75) is 55.4 Å². The topological polar surface area (TPSA) is 3.24 Å². The smallest absolute Gasteiger partial charge is 0.0140 e. The maximum atomic E-state index is 3.56. The summed E-state index contributed by atoms with van der Waals surface area (Å²) in [5, 5.41) is 0. The Balaban J connectivity index is -0.0000000432. The van der Waals surface area contributed by atoms with Crippen molar-refractivity contribution in [2.24, 2.45) is 5.92 Å². The third-order valence-corrected chi connectivity index (χ3v) is 0. The van der Waals surface area contributed by atoms with Crippen molar-refractivity contribution in [2.75, 3.05) is 21.1 Å². The molecule has 0 aliphatic carbocycles. The first-order valence-corrected chi connectivity index (χ1v) is 6.77. The van der Waals surface area contributed by atoms with Crippen molar-refractivity contribution in [3.63, 3.8) is 0 Å². The van der Waals surface area contributed by atoms with Crippen LogP contribution < -0.4 is 0 Å². The van der Waals surface area contributed by atoms with E-state index in [1.165, 1.54) is 11.1 Å². The molecule has 118 valence electrons. The second kappa shape index (κ2) is 30.3. The first-order chi connectivity index (χ1) is 8.34. The van der Waals surface area contributed by atoms with Gasteiger partial charge in [-0.15, -0.1) is 19.7 Å². The van der Waals surface area contributed by atoms with Crippen molar-refractivity contribution in [3.8, 4) is 0 Å². The molecule has 0 aliphatic rings. The zero-order valence-electron chi connectivity index (χ0n) is 15.7. The molecule has 0 aromatic carbocycles. The molecule has 0 saturated carbocycles. The number of hydrogen-bond acceptors (Lipinski definition) is 1. The van der Waals surface area contributed by atoms with Crippen LogP contribution in [0.15, 0.2) is 37.0 Å². The minimum atomic E-state index is 0.833. The fraction of sp³-hybridized carbons (Fsp3) is 0.667. The highest BCUT2D eigenvalue weighted by molar-refractivity contribution is 4.79. The predicted molar refractivity (Wildman–Crippen MR) is 97.0 cm³/mol. The molecule has 0 unspecified atom stereocenters. The van der Waals surface area contributed by atoms with E-state index in [-0.39, 0.29) is 0 Å². The summed E-state index contributed by atoms with van der Waals surface area (Å²) in [5.41, 5.74) is 2.33. The highest BCUT2D eigenvalue weighted by atomic mass is 15.0. The maximum absolute atomic E-state index is 3.56. The highest BCUT2D eigenvalue weighted by Gasteiger charge is 1.68. The summed E-state index contributed by atoms with van der Waals surface area (Å²) in [4.78, 5) is 2.00. The maximum Gasteiger partial charge on any atom is -0.0140 e. The van der Waals surface area contributed by atoms with Crippen LogP contribution in [0.3, 0.4) is 0 Å². The van der Waals surface area contributed by atoms with E-state index < -0.39 is 0 Å². The molecule has 0 amide bonds. The van der Waals surface area contributed by atoms with Crippen LogP contribution in [0, 0.1) is 5.92 Å². The van der Waals surface area contributed by atoms with E-state index >= 15 is 0 Å². The van der Waals surface area contributed by atoms with Gasteiger partial charge in [-0.25, -0.2) is 0 Å². The Kier molecular flexibility index (Phi) is 49.3. The van der Waals surface area contributed by atoms with Crippen LogP contribution in [0.4, 0.5) is 0 Å². The van der Waals surface area contributed by atoms with Crippen LogP contribution in [0.25, 0.3) is 0 Å². The Morgan fingerprint density at radius 2 is 0.842 bits per heavy atom. The Morgan fingerprint density at radius 1 is 0.842 bits per heavy atom. The molecular formula is C18H41N. The van der Waals surface area contributed by atoms with Gasteiger partial charge in [-0.05, 0) is 61.7 Å². The van der Waals surface area contributed by atoms with Crippen LogP contribution in [-0.2, 0) is 0 Å². The summed E-state index contributed by atoms with van der Waals surface area (Å²) in [6.45, 7) is 26.8. The molecular weight excluding hydrogens is 230 g/mol. The Hall–Kier alpha value is -0.820. The summed E-state index contributed by atoms with van der Waals surface area (Å²) in [6, 6.07) is 0. The van der Waals surface area contributed by atoms with Gasteiger partial charge < -0.3 is 4.90 Å². The number of hydrogen-bond donors (Lipinski definition) is 0. The molecule has 1 heteroatoms. The van der Waals surface area contributed by atoms with E-state index in [1.807, 2.05) is 60.7 Å². The van der Waals surface area contributed by atoms with Gasteiger partial charge in [0.15, 0.2) is 0 Å². The molecule has 0 rings (SSSR count). The molecule has 1 nitrogen and oxygen atoms in total. The van der Waals surface area contributed by atoms with E-state index in [4.69, 9.17) is 0 Å². The van der Waals surface area contributed by atoms with E-state index in [1.54, 1.807) is 6.08 Å². The van der Waals surface area contributed by atoms with Gasteiger partial charge in [0.05, 0.1) is 0 Å². The SMILES string of the molecule is C=C(C)C.C=C(C)C.C=CC.CC(C)C.CN(C)C. The largest absolute Gasteiger partial charge is 0.312 e. The molecule has 0 radical (unpaired) electrons. The van der Waals surface area contributed by atoms with Crippen molar-refractivity contribution in [1.82, 2.24) is 4.90 Å². The average Bonchev–Trinajstić information content (AvgIpc) is 1.97. The van der Waals surface area contributed by atoms with Crippen LogP contribution in [0.5, 0.6) is 0 Å². The van der Waals surface area contributed by atoms with Crippen LogP contribution in [0.1, 0.15) is 55.4 Å². The molecule has 0 atom stereocenters. The monoisotopic (exact) mass is 271 g/mol. The third kappa shape index (κ3) is 5890. The first-order valence-electron chi connectivity index (χ1n) is 6.77. The van der Waals surface area contributed by atoms with Crippen molar-refractivity contribution in [1.29, 1.82) is 0 Å². The molecule has 0 heterocycles. The molecule has 0 bridgehead atoms. The fourth-order valence-corrected chi connectivity index (χ4v) is 0. The van der Waals surface area contributed by atoms with Crippen molar-refractivity contribution < 1.29 is 0 Å². The molecule has 0 saturated heterocycles. The lowest BCUT2D eigenvalue weighted by Gasteiger charge is -1.90. The van der Waals surface area contributed by atoms with Gasteiger partial charge in [0.25, 0.3) is 0 Å². The lowest BCUT2D eigenvalue weighted by Crippen LogP contribution is -1.99. The standard InChI is InChI=1S/C4H10.2C4H8.C3H9N.C3H6/c4*1-4(2)3;1-3-2/h4H,1-3H3;2*1H2,2-3H3;1-3H3;3H,1H2,2H3. The van der Waals surface area contributed by atoms with Crippen molar-refractivity contribution >= 4 is 0 Å². The molecule has 0 N–H and O–H groups in total. The highest BCUT2D eigenvalue weighted by Crippen LogP contribution is 1.81. The lowest BCUT2D eigenvalue weighted by atomic mass is 10.3. The Labute approximate surface area is 125 Å². The summed E-state index contributed by atoms with van der Waals surface area (Å²) < 4.78 is 0. The molecule has 0 aromatic rings. The Morgan fingerprint density at radius 3 is 0.842 bits per heavy atom. The van der Waals surface area contributed by atoms with Crippen molar-refractivity contribution in [3.05, 3.63) is 37.0 Å². The van der Waals surface area contributed by atoms with E-state index in [0.29, 0.717) is 0 Å². The Bertz CT molecular complexity index is 145. The second-order valence-electron chi connectivity index (χ2n) is 5.90. The number of allylic oxidation sites excluding steroid dienone is 3. The van der Waals surface area contributed by atoms with Gasteiger partial charge in [0.1, 0.15) is 0 Å². The summed E-state index contributed by atoms with van der Waals surface area (Å²) >= 11 is 0. The number of nitrogens with zero attached hydrogens (tertiary/aromatic N) is 1. The minimum Gasteiger partial charge on any atom is -0.312 e. The fourth-order valence-electron chi connectivity index (χ4n) is 0. The summed E-state index contributed by atoms with van der Waals surface area (Å²) in [5.74, 6) is 0.833. The minimum absolute atomic E-state index is 0.833. The lowest BCUT2D eigenvalue weighted by molar-refractivity contribution is 0.505. The van der Waals surface area contributed by atoms with Gasteiger partial charge in [-0.2, -0.15) is 0 Å². The van der Waals surface area contributed by atoms with E-state index in [9.17, 15) is 0 Å². The molecule has 0 spiro atoms.